The van der Waals surface area contributed by atoms with Crippen LogP contribution >= 0.6 is 0 Å². The average molecular weight is 296 g/mol. The maximum Gasteiger partial charge on any atom is 0.312 e. The molecule has 0 radical (unpaired) electrons. The van der Waals surface area contributed by atoms with Gasteiger partial charge in [0.1, 0.15) is 5.60 Å². The maximum absolute atomic E-state index is 12.6. The molecule has 0 heterocycles. The fourth-order valence-corrected chi connectivity index (χ4v) is 5.22. The first-order valence-electron chi connectivity index (χ1n) is 8.34. The van der Waals surface area contributed by atoms with Crippen molar-refractivity contribution in [3.8, 4) is 0 Å². The van der Waals surface area contributed by atoms with Crippen LogP contribution in [0.25, 0.3) is 0 Å². The quantitative estimate of drug-likeness (QED) is 0.782. The molecule has 4 rings (SSSR count). The summed E-state index contributed by atoms with van der Waals surface area (Å²) < 4.78 is 5.97. The Morgan fingerprint density at radius 1 is 1.10 bits per heavy atom. The van der Waals surface area contributed by atoms with E-state index in [1.807, 2.05) is 20.8 Å². The van der Waals surface area contributed by atoms with Gasteiger partial charge in [0.2, 0.25) is 0 Å². The molecule has 0 aliphatic heterocycles. The normalized spacial score (nSPS) is 44.9. The predicted molar refractivity (Wildman–Crippen MR) is 78.6 cm³/mol. The Morgan fingerprint density at radius 3 is 2.05 bits per heavy atom. The highest BCUT2D eigenvalue weighted by atomic mass is 16.6. The van der Waals surface area contributed by atoms with Crippen LogP contribution in [0.15, 0.2) is 0 Å². The predicted octanol–water partition coefficient (Wildman–Crippen LogP) is 2.55. The zero-order valence-corrected chi connectivity index (χ0v) is 13.4. The van der Waals surface area contributed by atoms with E-state index in [4.69, 9.17) is 4.74 Å². The second kappa shape index (κ2) is 4.45. The molecule has 0 aromatic heterocycles. The van der Waals surface area contributed by atoms with E-state index >= 15 is 0 Å². The van der Waals surface area contributed by atoms with Gasteiger partial charge in [-0.2, -0.15) is 0 Å². The highest BCUT2D eigenvalue weighted by Crippen LogP contribution is 2.60. The van der Waals surface area contributed by atoms with Crippen LogP contribution in [0.3, 0.4) is 0 Å². The van der Waals surface area contributed by atoms with Gasteiger partial charge in [0, 0.05) is 19.3 Å². The molecule has 2 unspecified atom stereocenters. The molecule has 0 aromatic carbocycles. The summed E-state index contributed by atoms with van der Waals surface area (Å²) in [5, 5.41) is 21.4. The lowest BCUT2D eigenvalue weighted by atomic mass is 9.50. The van der Waals surface area contributed by atoms with Gasteiger partial charge in [-0.1, -0.05) is 13.8 Å². The van der Waals surface area contributed by atoms with E-state index in [0.29, 0.717) is 19.3 Å². The number of ether oxygens (including phenoxy) is 1. The van der Waals surface area contributed by atoms with Crippen LogP contribution in [-0.2, 0) is 9.53 Å². The van der Waals surface area contributed by atoms with Crippen molar-refractivity contribution in [2.75, 3.05) is 0 Å². The molecule has 2 N–H and O–H groups in total. The van der Waals surface area contributed by atoms with E-state index in [2.05, 4.69) is 0 Å². The summed E-state index contributed by atoms with van der Waals surface area (Å²) in [7, 11) is 0. The van der Waals surface area contributed by atoms with E-state index in [-0.39, 0.29) is 11.9 Å². The zero-order valence-electron chi connectivity index (χ0n) is 13.4. The maximum atomic E-state index is 12.6. The van der Waals surface area contributed by atoms with Crippen LogP contribution < -0.4 is 0 Å². The molecule has 2 atom stereocenters. The highest BCUT2D eigenvalue weighted by Gasteiger charge is 2.64. The Balaban J connectivity index is 1.84. The third-order valence-corrected chi connectivity index (χ3v) is 6.32. The number of rotatable bonds is 4. The second-order valence-corrected chi connectivity index (χ2v) is 8.30. The topological polar surface area (TPSA) is 66.8 Å². The molecule has 4 aliphatic rings. The Kier molecular flexibility index (Phi) is 3.24. The van der Waals surface area contributed by atoms with Crippen LogP contribution in [0.1, 0.15) is 72.1 Å². The number of esters is 1. The average Bonchev–Trinajstić information content (AvgIpc) is 2.32. The molecular formula is C17H28O4. The Morgan fingerprint density at radius 2 is 1.62 bits per heavy atom. The first-order chi connectivity index (χ1) is 9.66. The summed E-state index contributed by atoms with van der Waals surface area (Å²) in [5.41, 5.74) is -2.80. The van der Waals surface area contributed by atoms with Crippen molar-refractivity contribution in [1.82, 2.24) is 0 Å². The molecule has 21 heavy (non-hydrogen) atoms. The van der Waals surface area contributed by atoms with E-state index in [0.717, 1.165) is 32.1 Å². The van der Waals surface area contributed by atoms with E-state index in [1.54, 1.807) is 0 Å². The van der Waals surface area contributed by atoms with Crippen LogP contribution in [0.2, 0.25) is 0 Å². The number of carbonyl (C=O) groups excluding carboxylic acids is 1. The zero-order chi connectivity index (χ0) is 15.5. The standard InChI is InChI=1S/C17H28O4/c1-4-14(3,5-2)13(18)21-17-8-12-6-15(19,10-17)9-16(20,7-12)11-17/h12,19-20H,4-11H2,1-3H3. The molecular weight excluding hydrogens is 268 g/mol. The van der Waals surface area contributed by atoms with Crippen molar-refractivity contribution in [3.63, 3.8) is 0 Å². The van der Waals surface area contributed by atoms with Crippen molar-refractivity contribution in [3.05, 3.63) is 0 Å². The van der Waals surface area contributed by atoms with Gasteiger partial charge < -0.3 is 14.9 Å². The van der Waals surface area contributed by atoms with E-state index < -0.39 is 22.2 Å². The molecule has 4 aliphatic carbocycles. The fourth-order valence-electron chi connectivity index (χ4n) is 5.22. The number of hydrogen-bond acceptors (Lipinski definition) is 4. The van der Waals surface area contributed by atoms with Gasteiger partial charge in [0.05, 0.1) is 16.6 Å². The Hall–Kier alpha value is -0.610. The van der Waals surface area contributed by atoms with Crippen LogP contribution in [0.5, 0.6) is 0 Å². The van der Waals surface area contributed by atoms with Crippen molar-refractivity contribution in [1.29, 1.82) is 0 Å². The lowest BCUT2D eigenvalue weighted by Crippen LogP contribution is -2.67. The van der Waals surface area contributed by atoms with E-state index in [1.165, 1.54) is 0 Å². The molecule has 4 heteroatoms. The lowest BCUT2D eigenvalue weighted by molar-refractivity contribution is -0.264. The molecule has 120 valence electrons. The summed E-state index contributed by atoms with van der Waals surface area (Å²) in [6.45, 7) is 5.95. The van der Waals surface area contributed by atoms with Gasteiger partial charge in [-0.25, -0.2) is 0 Å². The molecule has 0 amide bonds. The molecule has 0 aromatic rings. The van der Waals surface area contributed by atoms with Crippen molar-refractivity contribution in [2.45, 2.75) is 88.9 Å². The summed E-state index contributed by atoms with van der Waals surface area (Å²) in [6.07, 6.45) is 5.21. The molecule has 0 spiro atoms. The van der Waals surface area contributed by atoms with Gasteiger partial charge in [-0.05, 0) is 44.9 Å². The molecule has 4 fully saturated rings. The molecule has 4 bridgehead atoms. The van der Waals surface area contributed by atoms with Gasteiger partial charge in [0.15, 0.2) is 0 Å². The second-order valence-electron chi connectivity index (χ2n) is 8.30. The van der Waals surface area contributed by atoms with Crippen LogP contribution in [-0.4, -0.2) is 33.0 Å². The van der Waals surface area contributed by atoms with Crippen LogP contribution in [0, 0.1) is 11.3 Å². The minimum absolute atomic E-state index is 0.165. The van der Waals surface area contributed by atoms with Gasteiger partial charge in [-0.3, -0.25) is 4.79 Å². The summed E-state index contributed by atoms with van der Waals surface area (Å²) >= 11 is 0. The van der Waals surface area contributed by atoms with E-state index in [9.17, 15) is 15.0 Å². The van der Waals surface area contributed by atoms with Crippen molar-refractivity contribution in [2.24, 2.45) is 11.3 Å². The SMILES string of the molecule is CCC(C)(CC)C(=O)OC12CC3CC(O)(CC(O)(C3)C1)C2. The molecule has 4 nitrogen and oxygen atoms in total. The number of carbonyl (C=O) groups is 1. The molecule has 4 saturated carbocycles. The van der Waals surface area contributed by atoms with Crippen molar-refractivity contribution < 1.29 is 19.7 Å². The fraction of sp³-hybridized carbons (Fsp3) is 0.941. The smallest absolute Gasteiger partial charge is 0.312 e. The van der Waals surface area contributed by atoms with Gasteiger partial charge in [-0.15, -0.1) is 0 Å². The summed E-state index contributed by atoms with van der Waals surface area (Å²) in [6, 6.07) is 0. The Labute approximate surface area is 126 Å². The largest absolute Gasteiger partial charge is 0.458 e. The molecule has 0 saturated heterocycles. The first kappa shape index (κ1) is 15.3. The minimum Gasteiger partial charge on any atom is -0.458 e. The Bertz CT molecular complexity index is 436. The van der Waals surface area contributed by atoms with Gasteiger partial charge in [0.25, 0.3) is 0 Å². The number of aliphatic hydroxyl groups is 2. The summed E-state index contributed by atoms with van der Waals surface area (Å²) in [4.78, 5) is 12.6. The van der Waals surface area contributed by atoms with Gasteiger partial charge >= 0.3 is 5.97 Å². The third-order valence-electron chi connectivity index (χ3n) is 6.32. The third kappa shape index (κ3) is 2.40. The van der Waals surface area contributed by atoms with Crippen LogP contribution in [0.4, 0.5) is 0 Å². The lowest BCUT2D eigenvalue weighted by Gasteiger charge is -2.62. The first-order valence-corrected chi connectivity index (χ1v) is 8.34. The monoisotopic (exact) mass is 296 g/mol. The summed E-state index contributed by atoms with van der Waals surface area (Å²) in [5.74, 6) is 0.111. The minimum atomic E-state index is -0.844. The number of hydrogen-bond donors (Lipinski definition) is 2. The van der Waals surface area contributed by atoms with Crippen molar-refractivity contribution >= 4 is 5.97 Å². The highest BCUT2D eigenvalue weighted by molar-refractivity contribution is 5.76.